The largest absolute Gasteiger partial charge is 0.351 e. The van der Waals surface area contributed by atoms with Crippen LogP contribution in [0.4, 0.5) is 0 Å². The molecule has 0 bridgehead atoms. The normalized spacial score (nSPS) is 15.8. The van der Waals surface area contributed by atoms with Gasteiger partial charge >= 0.3 is 0 Å². The van der Waals surface area contributed by atoms with Crippen LogP contribution >= 0.6 is 0 Å². The van der Waals surface area contributed by atoms with E-state index in [1.807, 2.05) is 6.07 Å². The van der Waals surface area contributed by atoms with Crippen molar-refractivity contribution < 1.29 is 4.79 Å². The van der Waals surface area contributed by atoms with E-state index in [1.54, 1.807) is 12.3 Å². The van der Waals surface area contributed by atoms with Crippen LogP contribution in [-0.4, -0.2) is 35.1 Å². The molecule has 0 saturated carbocycles. The molecule has 2 N–H and O–H groups in total. The molecule has 1 fully saturated rings. The van der Waals surface area contributed by atoms with Crippen LogP contribution in [0.3, 0.4) is 0 Å². The Morgan fingerprint density at radius 3 is 3.09 bits per heavy atom. The van der Waals surface area contributed by atoms with E-state index in [4.69, 9.17) is 0 Å². The van der Waals surface area contributed by atoms with E-state index < -0.39 is 0 Å². The fourth-order valence-corrected chi connectivity index (χ4v) is 3.11. The zero-order chi connectivity index (χ0) is 15.4. The number of nitrogens with zero attached hydrogens (tertiary/aromatic N) is 2. The first-order valence-electron chi connectivity index (χ1n) is 7.82. The van der Waals surface area contributed by atoms with Crippen LogP contribution in [0.2, 0.25) is 0 Å². The third-order valence-electron chi connectivity index (χ3n) is 4.19. The lowest BCUT2D eigenvalue weighted by Gasteiger charge is -2.24. The summed E-state index contributed by atoms with van der Waals surface area (Å²) in [7, 11) is 0. The van der Waals surface area contributed by atoms with Crippen LogP contribution < -0.4 is 10.6 Å². The van der Waals surface area contributed by atoms with Crippen molar-refractivity contribution in [3.8, 4) is 0 Å². The Morgan fingerprint density at radius 2 is 2.32 bits per heavy atom. The summed E-state index contributed by atoms with van der Waals surface area (Å²) in [4.78, 5) is 16.6. The van der Waals surface area contributed by atoms with Gasteiger partial charge < -0.3 is 15.2 Å². The van der Waals surface area contributed by atoms with E-state index in [0.717, 1.165) is 37.0 Å². The second-order valence-corrected chi connectivity index (χ2v) is 5.69. The van der Waals surface area contributed by atoms with Crippen molar-refractivity contribution in [1.82, 2.24) is 20.2 Å². The number of rotatable bonds is 5. The van der Waals surface area contributed by atoms with Gasteiger partial charge in [0.25, 0.3) is 0 Å². The van der Waals surface area contributed by atoms with Crippen LogP contribution in [0.15, 0.2) is 37.1 Å². The fraction of sp³-hybridized carbons (Fsp3) is 0.412. The first-order valence-corrected chi connectivity index (χ1v) is 7.82. The molecular formula is C17H22N4O. The maximum atomic E-state index is 12.1. The minimum absolute atomic E-state index is 0.00163. The number of carbonyl (C=O) groups excluding carboxylic acids is 1. The number of piperidine rings is 1. The van der Waals surface area contributed by atoms with Gasteiger partial charge in [-0.05, 0) is 44.1 Å². The number of aromatic nitrogens is 2. The van der Waals surface area contributed by atoms with Crippen molar-refractivity contribution >= 4 is 16.9 Å². The molecule has 22 heavy (non-hydrogen) atoms. The van der Waals surface area contributed by atoms with E-state index in [9.17, 15) is 4.79 Å². The molecule has 0 spiro atoms. The van der Waals surface area contributed by atoms with Gasteiger partial charge in [-0.2, -0.15) is 0 Å². The molecule has 0 aliphatic carbocycles. The summed E-state index contributed by atoms with van der Waals surface area (Å²) in [5.41, 5.74) is 2.12. The molecule has 5 heteroatoms. The van der Waals surface area contributed by atoms with Crippen molar-refractivity contribution in [2.45, 2.75) is 25.3 Å². The van der Waals surface area contributed by atoms with Crippen LogP contribution in [0.5, 0.6) is 0 Å². The van der Waals surface area contributed by atoms with Crippen LogP contribution in [0.25, 0.3) is 11.0 Å². The molecule has 0 unspecified atom stereocenters. The topological polar surface area (TPSA) is 59.0 Å². The molecule has 1 aliphatic rings. The second kappa shape index (κ2) is 6.75. The maximum absolute atomic E-state index is 12.1. The molecule has 3 heterocycles. The Kier molecular flexibility index (Phi) is 4.53. The molecule has 116 valence electrons. The minimum Gasteiger partial charge on any atom is -0.351 e. The SMILES string of the molecule is C=CCNC(=O)Cn1c(C2CCNCC2)cc2cccnc21. The smallest absolute Gasteiger partial charge is 0.240 e. The number of fused-ring (bicyclic) bond motifs is 1. The minimum atomic E-state index is -0.00163. The molecule has 5 nitrogen and oxygen atoms in total. The van der Waals surface area contributed by atoms with E-state index in [1.165, 1.54) is 5.69 Å². The Morgan fingerprint density at radius 1 is 1.50 bits per heavy atom. The summed E-state index contributed by atoms with van der Waals surface area (Å²) >= 11 is 0. The lowest BCUT2D eigenvalue weighted by Crippen LogP contribution is -2.31. The third-order valence-corrected chi connectivity index (χ3v) is 4.19. The van der Waals surface area contributed by atoms with Gasteiger partial charge in [0.1, 0.15) is 12.2 Å². The maximum Gasteiger partial charge on any atom is 0.240 e. The zero-order valence-electron chi connectivity index (χ0n) is 12.7. The quantitative estimate of drug-likeness (QED) is 0.828. The monoisotopic (exact) mass is 298 g/mol. The van der Waals surface area contributed by atoms with E-state index in [2.05, 4.69) is 38.9 Å². The van der Waals surface area contributed by atoms with E-state index in [-0.39, 0.29) is 5.91 Å². The van der Waals surface area contributed by atoms with Crippen LogP contribution in [-0.2, 0) is 11.3 Å². The standard InChI is InChI=1S/C17H22N4O/c1-2-7-19-16(22)12-21-15(13-5-9-18-10-6-13)11-14-4-3-8-20-17(14)21/h2-4,8,11,13,18H,1,5-7,9-10,12H2,(H,19,22). The fourth-order valence-electron chi connectivity index (χ4n) is 3.11. The van der Waals surface area contributed by atoms with Gasteiger partial charge in [0.2, 0.25) is 5.91 Å². The molecule has 3 rings (SSSR count). The van der Waals surface area contributed by atoms with E-state index in [0.29, 0.717) is 19.0 Å². The van der Waals surface area contributed by atoms with Gasteiger partial charge in [0, 0.05) is 29.7 Å². The number of carbonyl (C=O) groups is 1. The highest BCUT2D eigenvalue weighted by Crippen LogP contribution is 2.30. The van der Waals surface area contributed by atoms with Crippen LogP contribution in [0.1, 0.15) is 24.5 Å². The Bertz CT molecular complexity index is 670. The third kappa shape index (κ3) is 3.04. The summed E-state index contributed by atoms with van der Waals surface area (Å²) in [5.74, 6) is 0.487. The van der Waals surface area contributed by atoms with E-state index >= 15 is 0 Å². The molecule has 0 radical (unpaired) electrons. The Balaban J connectivity index is 1.93. The Labute approximate surface area is 130 Å². The van der Waals surface area contributed by atoms with Gasteiger partial charge in [-0.15, -0.1) is 6.58 Å². The van der Waals surface area contributed by atoms with Gasteiger partial charge in [-0.3, -0.25) is 4.79 Å². The first kappa shape index (κ1) is 14.8. The molecule has 2 aromatic rings. The predicted octanol–water partition coefficient (Wildman–Crippen LogP) is 1.81. The molecule has 2 aromatic heterocycles. The Hall–Kier alpha value is -2.14. The molecular weight excluding hydrogens is 276 g/mol. The van der Waals surface area contributed by atoms with Crippen molar-refractivity contribution in [1.29, 1.82) is 0 Å². The van der Waals surface area contributed by atoms with Gasteiger partial charge in [0.05, 0.1) is 0 Å². The average molecular weight is 298 g/mol. The van der Waals surface area contributed by atoms with Crippen molar-refractivity contribution in [2.24, 2.45) is 0 Å². The predicted molar refractivity (Wildman–Crippen MR) is 87.8 cm³/mol. The second-order valence-electron chi connectivity index (χ2n) is 5.69. The summed E-state index contributed by atoms with van der Waals surface area (Å²) in [6.07, 6.45) is 5.68. The van der Waals surface area contributed by atoms with Crippen molar-refractivity contribution in [2.75, 3.05) is 19.6 Å². The van der Waals surface area contributed by atoms with Gasteiger partial charge in [0.15, 0.2) is 0 Å². The number of hydrogen-bond donors (Lipinski definition) is 2. The molecule has 1 aliphatic heterocycles. The highest BCUT2D eigenvalue weighted by Gasteiger charge is 2.22. The molecule has 1 amide bonds. The van der Waals surface area contributed by atoms with Crippen molar-refractivity contribution in [3.05, 3.63) is 42.7 Å². The summed E-state index contributed by atoms with van der Waals surface area (Å²) in [6, 6.07) is 6.20. The molecule has 0 atom stereocenters. The summed E-state index contributed by atoms with van der Waals surface area (Å²) in [6.45, 7) is 6.50. The summed E-state index contributed by atoms with van der Waals surface area (Å²) < 4.78 is 2.07. The first-order chi connectivity index (χ1) is 10.8. The van der Waals surface area contributed by atoms with Crippen molar-refractivity contribution in [3.63, 3.8) is 0 Å². The molecule has 0 aromatic carbocycles. The van der Waals surface area contributed by atoms with Crippen LogP contribution in [0, 0.1) is 0 Å². The van der Waals surface area contributed by atoms with Gasteiger partial charge in [-0.25, -0.2) is 4.98 Å². The average Bonchev–Trinajstić information content (AvgIpc) is 2.92. The zero-order valence-corrected chi connectivity index (χ0v) is 12.7. The highest BCUT2D eigenvalue weighted by atomic mass is 16.1. The number of amides is 1. The highest BCUT2D eigenvalue weighted by molar-refractivity contribution is 5.82. The lowest BCUT2D eigenvalue weighted by atomic mass is 9.94. The number of pyridine rings is 1. The number of hydrogen-bond acceptors (Lipinski definition) is 3. The lowest BCUT2D eigenvalue weighted by molar-refractivity contribution is -0.121. The summed E-state index contributed by atoms with van der Waals surface area (Å²) in [5, 5.41) is 7.34. The number of nitrogens with one attached hydrogen (secondary N) is 2. The van der Waals surface area contributed by atoms with Gasteiger partial charge in [-0.1, -0.05) is 6.08 Å². The molecule has 1 saturated heterocycles.